The van der Waals surface area contributed by atoms with Crippen LogP contribution in [0.1, 0.15) is 13.8 Å². The Morgan fingerprint density at radius 2 is 1.81 bits per heavy atom. The molecular formula is C20H22N4O3. The molecule has 2 amide bonds. The van der Waals surface area contributed by atoms with Crippen LogP contribution in [-0.4, -0.2) is 22.7 Å². The van der Waals surface area contributed by atoms with Crippen LogP contribution in [0.25, 0.3) is 10.9 Å². The first-order chi connectivity index (χ1) is 13.0. The first kappa shape index (κ1) is 18.4. The molecule has 0 radical (unpaired) electrons. The molecule has 7 heteroatoms. The summed E-state index contributed by atoms with van der Waals surface area (Å²) in [4.78, 5) is 29.1. The number of aromatic nitrogens is 2. The summed E-state index contributed by atoms with van der Waals surface area (Å²) < 4.78 is 6.61. The van der Waals surface area contributed by atoms with Gasteiger partial charge in [0.15, 0.2) is 0 Å². The summed E-state index contributed by atoms with van der Waals surface area (Å²) in [6.07, 6.45) is 0. The lowest BCUT2D eigenvalue weighted by Gasteiger charge is -2.17. The summed E-state index contributed by atoms with van der Waals surface area (Å²) in [5, 5.41) is 6.29. The first-order valence-corrected chi connectivity index (χ1v) is 8.69. The predicted octanol–water partition coefficient (Wildman–Crippen LogP) is 3.71. The number of nitrogens with one attached hydrogen (secondary N) is 2. The molecule has 0 fully saturated rings. The number of fused-ring (bicyclic) bond motifs is 1. The van der Waals surface area contributed by atoms with E-state index in [4.69, 9.17) is 4.74 Å². The van der Waals surface area contributed by atoms with Crippen LogP contribution in [0.15, 0.2) is 53.3 Å². The Labute approximate surface area is 157 Å². The molecule has 0 aliphatic heterocycles. The SMILES string of the molecule is COc1ccc(NC(=O)Nc2c3ccccc3nc(=O)n2CC(C)C)cc1. The summed E-state index contributed by atoms with van der Waals surface area (Å²) in [5.74, 6) is 1.35. The van der Waals surface area contributed by atoms with Crippen molar-refractivity contribution in [2.75, 3.05) is 17.7 Å². The van der Waals surface area contributed by atoms with Crippen molar-refractivity contribution in [3.05, 3.63) is 59.0 Å². The highest BCUT2D eigenvalue weighted by molar-refractivity contribution is 6.04. The van der Waals surface area contributed by atoms with Gasteiger partial charge in [-0.2, -0.15) is 4.98 Å². The predicted molar refractivity (Wildman–Crippen MR) is 106 cm³/mol. The Morgan fingerprint density at radius 1 is 1.11 bits per heavy atom. The zero-order valence-corrected chi connectivity index (χ0v) is 15.5. The average molecular weight is 366 g/mol. The van der Waals surface area contributed by atoms with Gasteiger partial charge in [-0.25, -0.2) is 9.59 Å². The van der Waals surface area contributed by atoms with E-state index < -0.39 is 6.03 Å². The molecule has 2 N–H and O–H groups in total. The number of anilines is 2. The molecule has 1 aromatic heterocycles. The minimum atomic E-state index is -0.437. The molecule has 0 saturated carbocycles. The second-order valence-electron chi connectivity index (χ2n) is 6.57. The first-order valence-electron chi connectivity index (χ1n) is 8.69. The Kier molecular flexibility index (Phi) is 5.40. The molecule has 0 saturated heterocycles. The number of nitrogens with zero attached hydrogens (tertiary/aromatic N) is 2. The number of hydrogen-bond acceptors (Lipinski definition) is 4. The van der Waals surface area contributed by atoms with E-state index in [1.807, 2.05) is 32.0 Å². The average Bonchev–Trinajstić information content (AvgIpc) is 2.65. The molecular weight excluding hydrogens is 344 g/mol. The van der Waals surface area contributed by atoms with Crippen LogP contribution in [0.4, 0.5) is 16.3 Å². The van der Waals surface area contributed by atoms with Gasteiger partial charge in [-0.15, -0.1) is 0 Å². The van der Waals surface area contributed by atoms with Crippen molar-refractivity contribution in [1.82, 2.24) is 9.55 Å². The van der Waals surface area contributed by atoms with Gasteiger partial charge >= 0.3 is 11.7 Å². The molecule has 3 aromatic rings. The van der Waals surface area contributed by atoms with Crippen molar-refractivity contribution in [2.45, 2.75) is 20.4 Å². The standard InChI is InChI=1S/C20H22N4O3/c1-13(2)12-24-18(16-6-4-5-7-17(16)22-20(24)26)23-19(25)21-14-8-10-15(27-3)11-9-14/h4-11,13H,12H2,1-3H3,(H2,21,23,25). The van der Waals surface area contributed by atoms with E-state index in [0.29, 0.717) is 34.7 Å². The van der Waals surface area contributed by atoms with Crippen LogP contribution in [0.3, 0.4) is 0 Å². The molecule has 2 aromatic carbocycles. The monoisotopic (exact) mass is 366 g/mol. The third-order valence-electron chi connectivity index (χ3n) is 4.00. The van der Waals surface area contributed by atoms with E-state index in [2.05, 4.69) is 15.6 Å². The van der Waals surface area contributed by atoms with Gasteiger partial charge in [-0.1, -0.05) is 26.0 Å². The number of rotatable bonds is 5. The van der Waals surface area contributed by atoms with Crippen LogP contribution in [-0.2, 0) is 6.54 Å². The molecule has 0 aliphatic rings. The lowest BCUT2D eigenvalue weighted by molar-refractivity contribution is 0.262. The van der Waals surface area contributed by atoms with E-state index in [1.165, 1.54) is 4.57 Å². The molecule has 1 heterocycles. The van der Waals surface area contributed by atoms with Gasteiger partial charge in [0, 0.05) is 17.6 Å². The van der Waals surface area contributed by atoms with Crippen LogP contribution < -0.4 is 21.1 Å². The molecule has 3 rings (SSSR count). The minimum absolute atomic E-state index is 0.218. The summed E-state index contributed by atoms with van der Waals surface area (Å²) in [7, 11) is 1.58. The van der Waals surface area contributed by atoms with Crippen molar-refractivity contribution < 1.29 is 9.53 Å². The fourth-order valence-electron chi connectivity index (χ4n) is 2.79. The lowest BCUT2D eigenvalue weighted by Crippen LogP contribution is -2.31. The van der Waals surface area contributed by atoms with Crippen LogP contribution in [0.2, 0.25) is 0 Å². The maximum absolute atomic E-state index is 12.5. The van der Waals surface area contributed by atoms with Gasteiger partial charge in [0.05, 0.1) is 12.6 Å². The topological polar surface area (TPSA) is 85.2 Å². The zero-order chi connectivity index (χ0) is 19.4. The van der Waals surface area contributed by atoms with Crippen LogP contribution in [0.5, 0.6) is 5.75 Å². The summed E-state index contributed by atoms with van der Waals surface area (Å²) in [5.41, 5.74) is 0.772. The summed E-state index contributed by atoms with van der Waals surface area (Å²) >= 11 is 0. The van der Waals surface area contributed by atoms with Gasteiger partial charge in [0.1, 0.15) is 11.6 Å². The molecule has 0 atom stereocenters. The largest absolute Gasteiger partial charge is 0.497 e. The fourth-order valence-corrected chi connectivity index (χ4v) is 2.79. The molecule has 0 bridgehead atoms. The number of ether oxygens (including phenoxy) is 1. The number of hydrogen-bond donors (Lipinski definition) is 2. The Bertz CT molecular complexity index is 1010. The van der Waals surface area contributed by atoms with Gasteiger partial charge in [-0.05, 0) is 42.3 Å². The maximum atomic E-state index is 12.5. The highest BCUT2D eigenvalue weighted by Gasteiger charge is 2.15. The second-order valence-corrected chi connectivity index (χ2v) is 6.57. The summed E-state index contributed by atoms with van der Waals surface area (Å²) in [6, 6.07) is 13.8. The Hall–Kier alpha value is -3.35. The highest BCUT2D eigenvalue weighted by atomic mass is 16.5. The molecule has 140 valence electrons. The molecule has 27 heavy (non-hydrogen) atoms. The van der Waals surface area contributed by atoms with Gasteiger partial charge < -0.3 is 10.1 Å². The number of carbonyl (C=O) groups is 1. The fraction of sp³-hybridized carbons (Fsp3) is 0.250. The van der Waals surface area contributed by atoms with Crippen molar-refractivity contribution in [2.24, 2.45) is 5.92 Å². The number of benzene rings is 2. The number of amides is 2. The number of carbonyl (C=O) groups excluding carboxylic acids is 1. The van der Waals surface area contributed by atoms with Crippen molar-refractivity contribution in [3.8, 4) is 5.75 Å². The van der Waals surface area contributed by atoms with Crippen LogP contribution >= 0.6 is 0 Å². The van der Waals surface area contributed by atoms with Crippen LogP contribution in [0, 0.1) is 5.92 Å². The zero-order valence-electron chi connectivity index (χ0n) is 15.5. The van der Waals surface area contributed by atoms with E-state index >= 15 is 0 Å². The summed E-state index contributed by atoms with van der Waals surface area (Å²) in [6.45, 7) is 4.46. The lowest BCUT2D eigenvalue weighted by atomic mass is 10.2. The smallest absolute Gasteiger partial charge is 0.349 e. The van der Waals surface area contributed by atoms with Crippen molar-refractivity contribution in [3.63, 3.8) is 0 Å². The third kappa shape index (κ3) is 4.25. The normalized spacial score (nSPS) is 10.8. The van der Waals surface area contributed by atoms with E-state index in [9.17, 15) is 9.59 Å². The Balaban J connectivity index is 1.93. The van der Waals surface area contributed by atoms with Gasteiger partial charge in [-0.3, -0.25) is 9.88 Å². The molecule has 7 nitrogen and oxygen atoms in total. The minimum Gasteiger partial charge on any atom is -0.497 e. The van der Waals surface area contributed by atoms with E-state index in [1.54, 1.807) is 37.4 Å². The van der Waals surface area contributed by atoms with Crippen molar-refractivity contribution >= 4 is 28.4 Å². The van der Waals surface area contributed by atoms with E-state index in [-0.39, 0.29) is 11.6 Å². The van der Waals surface area contributed by atoms with Gasteiger partial charge in [0.25, 0.3) is 0 Å². The number of urea groups is 1. The quantitative estimate of drug-likeness (QED) is 0.721. The van der Waals surface area contributed by atoms with Crippen molar-refractivity contribution in [1.29, 1.82) is 0 Å². The molecule has 0 aliphatic carbocycles. The molecule has 0 unspecified atom stereocenters. The highest BCUT2D eigenvalue weighted by Crippen LogP contribution is 2.21. The van der Waals surface area contributed by atoms with Gasteiger partial charge in [0.2, 0.25) is 0 Å². The number of methoxy groups -OCH3 is 1. The second kappa shape index (κ2) is 7.90. The Morgan fingerprint density at radius 3 is 2.48 bits per heavy atom. The van der Waals surface area contributed by atoms with E-state index in [0.717, 1.165) is 0 Å². The third-order valence-corrected chi connectivity index (χ3v) is 4.00. The molecule has 0 spiro atoms. The number of para-hydroxylation sites is 1. The maximum Gasteiger partial charge on any atom is 0.349 e.